The molecule has 0 saturated carbocycles. The Hall–Kier alpha value is -0.720. The fraction of sp³-hybridized carbons (Fsp3) is 0.800. The number of hydrogen-bond acceptors (Lipinski definition) is 5. The van der Waals surface area contributed by atoms with Crippen molar-refractivity contribution in [1.29, 1.82) is 0 Å². The van der Waals surface area contributed by atoms with Crippen LogP contribution >= 0.6 is 15.2 Å². The average Bonchev–Trinajstić information content (AvgIpc) is 2.08. The number of amidine groups is 2. The van der Waals surface area contributed by atoms with Gasteiger partial charge in [-0.1, -0.05) is 0 Å². The predicted octanol–water partition coefficient (Wildman–Crippen LogP) is -1.51. The lowest BCUT2D eigenvalue weighted by Gasteiger charge is -2.32. The summed E-state index contributed by atoms with van der Waals surface area (Å²) in [5.74, 6) is 0. The molecular formula is C10H24N4O5P2. The van der Waals surface area contributed by atoms with E-state index in [1.54, 1.807) is 0 Å². The quantitative estimate of drug-likeness (QED) is 0.265. The third-order valence-electron chi connectivity index (χ3n) is 2.30. The monoisotopic (exact) mass is 342 g/mol. The number of nitrogens with zero attached hydrogens (tertiary/aromatic N) is 4. The van der Waals surface area contributed by atoms with Gasteiger partial charge < -0.3 is 9.79 Å². The van der Waals surface area contributed by atoms with Crippen LogP contribution in [-0.2, 0) is 13.4 Å². The molecule has 0 N–H and O–H groups in total. The lowest BCUT2D eigenvalue weighted by Crippen LogP contribution is -2.37. The third kappa shape index (κ3) is 5.20. The molecule has 0 aromatic rings. The minimum Gasteiger partial charge on any atom is -0.769 e. The first-order valence-corrected chi connectivity index (χ1v) is 9.10. The lowest BCUT2D eigenvalue weighted by molar-refractivity contribution is -0.469. The van der Waals surface area contributed by atoms with E-state index in [0.717, 1.165) is 0 Å². The van der Waals surface area contributed by atoms with Gasteiger partial charge in [-0.2, -0.15) is 0 Å². The van der Waals surface area contributed by atoms with Crippen LogP contribution < -0.4 is 9.79 Å². The van der Waals surface area contributed by atoms with Crippen molar-refractivity contribution in [2.75, 3.05) is 56.4 Å². The molecular weight excluding hydrogens is 318 g/mol. The van der Waals surface area contributed by atoms with E-state index >= 15 is 0 Å². The van der Waals surface area contributed by atoms with Crippen LogP contribution in [0.1, 0.15) is 0 Å². The summed E-state index contributed by atoms with van der Waals surface area (Å²) in [5, 5.41) is 0. The zero-order valence-corrected chi connectivity index (χ0v) is 15.5. The number of hydrogen-bond donors (Lipinski definition) is 0. The summed E-state index contributed by atoms with van der Waals surface area (Å²) in [6.07, 6.45) is 0. The molecule has 0 fully saturated rings. The third-order valence-corrected chi connectivity index (χ3v) is 6.60. The van der Waals surface area contributed by atoms with Gasteiger partial charge in [0.05, 0.1) is 56.4 Å². The Bertz CT molecular complexity index is 500. The Balaban J connectivity index is 5.86. The van der Waals surface area contributed by atoms with Gasteiger partial charge in [-0.3, -0.25) is 32.4 Å². The molecule has 0 bridgehead atoms. The molecule has 11 heteroatoms. The van der Waals surface area contributed by atoms with E-state index in [4.69, 9.17) is 0 Å². The van der Waals surface area contributed by atoms with Gasteiger partial charge in [0.1, 0.15) is 0 Å². The van der Waals surface area contributed by atoms with Crippen LogP contribution in [0, 0.1) is 0 Å². The van der Waals surface area contributed by atoms with Gasteiger partial charge in [-0.05, 0) is 0 Å². The molecule has 0 aromatic heterocycles. The van der Waals surface area contributed by atoms with Crippen molar-refractivity contribution >= 4 is 26.3 Å². The van der Waals surface area contributed by atoms with E-state index in [0.29, 0.717) is 0 Å². The van der Waals surface area contributed by atoms with E-state index in [1.807, 2.05) is 0 Å². The Morgan fingerprint density at radius 2 is 1.05 bits per heavy atom. The van der Waals surface area contributed by atoms with Crippen molar-refractivity contribution in [3.05, 3.63) is 0 Å². The zero-order valence-electron chi connectivity index (χ0n) is 13.7. The maximum Gasteiger partial charge on any atom is 0.317 e. The van der Waals surface area contributed by atoms with Crippen molar-refractivity contribution in [2.45, 2.75) is 0 Å². The van der Waals surface area contributed by atoms with Gasteiger partial charge in [0.25, 0.3) is 15.2 Å². The Morgan fingerprint density at radius 1 is 0.810 bits per heavy atom. The minimum absolute atomic E-state index is 0.240. The standard InChI is InChI=1S/C10H24N4O5P2/c1-11(2)9(12(3)4)20(15,16)19-21(17,18)10(13(5)6)14(7)8/h1-8H3. The second kappa shape index (κ2) is 7.03. The van der Waals surface area contributed by atoms with Crippen molar-refractivity contribution in [3.8, 4) is 0 Å². The minimum atomic E-state index is -4.80. The summed E-state index contributed by atoms with van der Waals surface area (Å²) < 4.78 is 31.6. The van der Waals surface area contributed by atoms with Crippen LogP contribution in [-0.4, -0.2) is 86.5 Å². The Labute approximate surface area is 125 Å². The highest BCUT2D eigenvalue weighted by Crippen LogP contribution is 2.56. The fourth-order valence-corrected chi connectivity index (χ4v) is 5.67. The lowest BCUT2D eigenvalue weighted by atomic mass is 10.9. The molecule has 0 rings (SSSR count). The van der Waals surface area contributed by atoms with Gasteiger partial charge >= 0.3 is 11.2 Å². The first-order valence-electron chi connectivity index (χ1n) is 6.01. The number of rotatable bonds is 4. The molecule has 0 aliphatic rings. The highest BCUT2D eigenvalue weighted by molar-refractivity contribution is 7.81. The summed E-state index contributed by atoms with van der Waals surface area (Å²) in [6.45, 7) is 0. The van der Waals surface area contributed by atoms with Gasteiger partial charge in [-0.15, -0.1) is 0 Å². The second-order valence-electron chi connectivity index (χ2n) is 5.25. The SMILES string of the molecule is CN(C)C(=[N+](C)C)P(=O)([O-])OP(=O)([O-])C(N(C)C)=[N+](C)C. The maximum atomic E-state index is 12.2. The first kappa shape index (κ1) is 20.3. The summed E-state index contributed by atoms with van der Waals surface area (Å²) in [5.41, 5.74) is -0.481. The molecule has 9 nitrogen and oxygen atoms in total. The molecule has 0 amide bonds. The first-order chi connectivity index (χ1) is 9.24. The van der Waals surface area contributed by atoms with Gasteiger partial charge in [0.2, 0.25) is 0 Å². The van der Waals surface area contributed by atoms with Crippen LogP contribution in [0.15, 0.2) is 0 Å². The molecule has 0 heterocycles. The highest BCUT2D eigenvalue weighted by atomic mass is 31.3. The van der Waals surface area contributed by atoms with Crippen LogP contribution in [0.4, 0.5) is 0 Å². The van der Waals surface area contributed by atoms with Crippen molar-refractivity contribution < 1.29 is 32.4 Å². The summed E-state index contributed by atoms with van der Waals surface area (Å²) in [4.78, 5) is 27.0. The molecule has 0 spiro atoms. The van der Waals surface area contributed by atoms with Gasteiger partial charge in [0, 0.05) is 0 Å². The molecule has 0 aliphatic heterocycles. The van der Waals surface area contributed by atoms with Crippen LogP contribution in [0.2, 0.25) is 0 Å². The summed E-state index contributed by atoms with van der Waals surface area (Å²) >= 11 is 0. The predicted molar refractivity (Wildman–Crippen MR) is 77.9 cm³/mol. The van der Waals surface area contributed by atoms with E-state index in [-0.39, 0.29) is 11.2 Å². The molecule has 21 heavy (non-hydrogen) atoms. The normalized spacial score (nSPS) is 16.5. The Kier molecular flexibility index (Phi) is 6.79. The van der Waals surface area contributed by atoms with Crippen LogP contribution in [0.5, 0.6) is 0 Å². The molecule has 0 saturated heterocycles. The molecule has 124 valence electrons. The van der Waals surface area contributed by atoms with Crippen molar-refractivity contribution in [3.63, 3.8) is 0 Å². The van der Waals surface area contributed by atoms with E-state index < -0.39 is 15.2 Å². The van der Waals surface area contributed by atoms with Crippen molar-refractivity contribution in [1.82, 2.24) is 9.80 Å². The van der Waals surface area contributed by atoms with Crippen LogP contribution in [0.25, 0.3) is 0 Å². The summed E-state index contributed by atoms with van der Waals surface area (Å²) in [7, 11) is 2.30. The molecule has 2 unspecified atom stereocenters. The van der Waals surface area contributed by atoms with E-state index in [9.17, 15) is 18.9 Å². The topological polar surface area (TPSA) is 102 Å². The largest absolute Gasteiger partial charge is 0.769 e. The zero-order chi connectivity index (χ0) is 17.2. The van der Waals surface area contributed by atoms with Crippen molar-refractivity contribution in [2.24, 2.45) is 0 Å². The maximum absolute atomic E-state index is 12.2. The van der Waals surface area contributed by atoms with E-state index in [2.05, 4.69) is 4.31 Å². The van der Waals surface area contributed by atoms with Crippen LogP contribution in [0.3, 0.4) is 0 Å². The van der Waals surface area contributed by atoms with Gasteiger partial charge in [-0.25, -0.2) is 0 Å². The summed E-state index contributed by atoms with van der Waals surface area (Å²) in [6, 6.07) is 0. The molecule has 0 radical (unpaired) electrons. The fourth-order valence-electron chi connectivity index (χ4n) is 1.99. The van der Waals surface area contributed by atoms with Gasteiger partial charge in [0.15, 0.2) is 0 Å². The second-order valence-corrected chi connectivity index (χ2v) is 8.70. The molecule has 2 atom stereocenters. The van der Waals surface area contributed by atoms with E-state index in [1.165, 1.54) is 75.3 Å². The molecule has 0 aromatic carbocycles. The smallest absolute Gasteiger partial charge is 0.317 e. The Morgan fingerprint density at radius 3 is 1.19 bits per heavy atom. The average molecular weight is 342 g/mol. The highest BCUT2D eigenvalue weighted by Gasteiger charge is 2.37. The molecule has 0 aliphatic carbocycles.